The first kappa shape index (κ1) is 14.9. The van der Waals surface area contributed by atoms with Crippen LogP contribution in [0.2, 0.25) is 0 Å². The van der Waals surface area contributed by atoms with Gasteiger partial charge in [-0.1, -0.05) is 6.07 Å². The van der Waals surface area contributed by atoms with Crippen molar-refractivity contribution in [1.82, 2.24) is 4.72 Å². The van der Waals surface area contributed by atoms with Crippen molar-refractivity contribution in [3.63, 3.8) is 0 Å². The van der Waals surface area contributed by atoms with Crippen molar-refractivity contribution in [2.75, 3.05) is 0 Å². The average Bonchev–Trinajstić information content (AvgIpc) is 2.28. The number of carboxylic acid groups (broad SMARTS) is 1. The molecule has 0 spiro atoms. The molecule has 1 saturated carbocycles. The Labute approximate surface area is 116 Å². The Morgan fingerprint density at radius 2 is 2.10 bits per heavy atom. The van der Waals surface area contributed by atoms with Gasteiger partial charge in [0.15, 0.2) is 0 Å². The van der Waals surface area contributed by atoms with Crippen molar-refractivity contribution in [3.8, 4) is 0 Å². The second kappa shape index (κ2) is 5.14. The summed E-state index contributed by atoms with van der Waals surface area (Å²) in [6.45, 7) is 1.66. The normalized spacial score (nSPS) is 17.5. The van der Waals surface area contributed by atoms with Gasteiger partial charge in [0.05, 0.1) is 6.42 Å². The minimum absolute atomic E-state index is 0.292. The van der Waals surface area contributed by atoms with Crippen LogP contribution in [-0.4, -0.2) is 25.0 Å². The predicted molar refractivity (Wildman–Crippen MR) is 70.3 cm³/mol. The van der Waals surface area contributed by atoms with E-state index in [1.54, 1.807) is 6.92 Å². The van der Waals surface area contributed by atoms with Gasteiger partial charge in [0, 0.05) is 5.54 Å². The number of halogens is 1. The first-order valence-corrected chi connectivity index (χ1v) is 7.74. The number of carboxylic acids is 1. The summed E-state index contributed by atoms with van der Waals surface area (Å²) >= 11 is 0. The number of nitrogens with one attached hydrogen (secondary N) is 1. The van der Waals surface area contributed by atoms with Gasteiger partial charge in [-0.3, -0.25) is 4.79 Å². The minimum Gasteiger partial charge on any atom is -0.481 e. The highest BCUT2D eigenvalue weighted by atomic mass is 32.2. The predicted octanol–water partition coefficient (Wildman–Crippen LogP) is 1.81. The molecule has 1 aromatic carbocycles. The van der Waals surface area contributed by atoms with E-state index in [1.165, 1.54) is 12.1 Å². The van der Waals surface area contributed by atoms with Gasteiger partial charge < -0.3 is 5.11 Å². The van der Waals surface area contributed by atoms with Crippen molar-refractivity contribution < 1.29 is 22.7 Å². The molecule has 0 heterocycles. The minimum atomic E-state index is -4.07. The van der Waals surface area contributed by atoms with Crippen LogP contribution in [0.4, 0.5) is 4.39 Å². The Bertz CT molecular complexity index is 638. The highest BCUT2D eigenvalue weighted by Gasteiger charge is 2.43. The summed E-state index contributed by atoms with van der Waals surface area (Å²) in [4.78, 5) is 10.4. The first-order chi connectivity index (χ1) is 9.24. The lowest BCUT2D eigenvalue weighted by Crippen LogP contribution is -2.54. The molecule has 1 aromatic rings. The summed E-state index contributed by atoms with van der Waals surface area (Å²) in [5.41, 5.74) is -0.367. The van der Waals surface area contributed by atoms with Crippen LogP contribution in [0.15, 0.2) is 23.1 Å². The summed E-state index contributed by atoms with van der Waals surface area (Å²) in [7, 11) is -4.07. The van der Waals surface area contributed by atoms with Gasteiger partial charge in [0.2, 0.25) is 10.0 Å². The van der Waals surface area contributed by atoms with Gasteiger partial charge in [0.1, 0.15) is 10.7 Å². The Kier molecular flexibility index (Phi) is 3.84. The zero-order valence-corrected chi connectivity index (χ0v) is 11.8. The van der Waals surface area contributed by atoms with Crippen LogP contribution in [0.25, 0.3) is 0 Å². The van der Waals surface area contributed by atoms with Crippen LogP contribution in [0.3, 0.4) is 0 Å². The smallest absolute Gasteiger partial charge is 0.305 e. The molecule has 0 bridgehead atoms. The lowest BCUT2D eigenvalue weighted by atomic mass is 9.75. The molecule has 1 aliphatic rings. The number of aryl methyl sites for hydroxylation is 1. The van der Waals surface area contributed by atoms with Gasteiger partial charge >= 0.3 is 5.97 Å². The van der Waals surface area contributed by atoms with E-state index in [-0.39, 0.29) is 6.42 Å². The molecule has 5 nitrogen and oxygen atoms in total. The standard InChI is InChI=1S/C13H16FNO4S/c1-9-3-4-10(14)11(7-9)20(18,19)15-13(5-2-6-13)8-12(16)17/h3-4,7,15H,2,5-6,8H2,1H3,(H,16,17). The zero-order valence-electron chi connectivity index (χ0n) is 11.0. The zero-order chi connectivity index (χ0) is 15.0. The molecule has 0 radical (unpaired) electrons. The number of hydrogen-bond donors (Lipinski definition) is 2. The van der Waals surface area contributed by atoms with Gasteiger partial charge in [-0.15, -0.1) is 0 Å². The van der Waals surface area contributed by atoms with Gasteiger partial charge in [-0.05, 0) is 43.9 Å². The fourth-order valence-corrected chi connectivity index (χ4v) is 3.99. The molecular formula is C13H16FNO4S. The van der Waals surface area contributed by atoms with E-state index in [0.29, 0.717) is 18.4 Å². The van der Waals surface area contributed by atoms with E-state index >= 15 is 0 Å². The van der Waals surface area contributed by atoms with Crippen LogP contribution < -0.4 is 4.72 Å². The molecular weight excluding hydrogens is 285 g/mol. The molecule has 2 rings (SSSR count). The van der Waals surface area contributed by atoms with E-state index in [0.717, 1.165) is 12.5 Å². The second-order valence-corrected chi connectivity index (χ2v) is 6.89. The molecule has 0 amide bonds. The molecule has 0 atom stereocenters. The second-order valence-electron chi connectivity index (χ2n) is 5.24. The Morgan fingerprint density at radius 3 is 2.60 bits per heavy atom. The number of aliphatic carboxylic acids is 1. The molecule has 0 aromatic heterocycles. The average molecular weight is 301 g/mol. The van der Waals surface area contributed by atoms with E-state index in [1.807, 2.05) is 0 Å². The molecule has 1 aliphatic carbocycles. The van der Waals surface area contributed by atoms with Gasteiger partial charge in [0.25, 0.3) is 0 Å². The third kappa shape index (κ3) is 2.99. The molecule has 7 heteroatoms. The summed E-state index contributed by atoms with van der Waals surface area (Å²) in [5, 5.41) is 8.87. The lowest BCUT2D eigenvalue weighted by Gasteiger charge is -2.40. The van der Waals surface area contributed by atoms with E-state index < -0.39 is 32.2 Å². The molecule has 0 aliphatic heterocycles. The maximum Gasteiger partial charge on any atom is 0.305 e. The summed E-state index contributed by atoms with van der Waals surface area (Å²) < 4.78 is 40.6. The molecule has 0 saturated heterocycles. The lowest BCUT2D eigenvalue weighted by molar-refractivity contribution is -0.139. The molecule has 20 heavy (non-hydrogen) atoms. The molecule has 0 unspecified atom stereocenters. The number of hydrogen-bond acceptors (Lipinski definition) is 3. The van der Waals surface area contributed by atoms with Crippen molar-refractivity contribution in [2.24, 2.45) is 0 Å². The largest absolute Gasteiger partial charge is 0.481 e. The van der Waals surface area contributed by atoms with Crippen molar-refractivity contribution in [3.05, 3.63) is 29.6 Å². The number of carbonyl (C=O) groups is 1. The topological polar surface area (TPSA) is 83.5 Å². The summed E-state index contributed by atoms with van der Waals surface area (Å²) in [6, 6.07) is 3.81. The SMILES string of the molecule is Cc1ccc(F)c(S(=O)(=O)NC2(CC(=O)O)CCC2)c1. The fraction of sp³-hybridized carbons (Fsp3) is 0.462. The Morgan fingerprint density at radius 1 is 1.45 bits per heavy atom. The summed E-state index contributed by atoms with van der Waals surface area (Å²) in [6.07, 6.45) is 1.36. The first-order valence-electron chi connectivity index (χ1n) is 6.26. The van der Waals surface area contributed by atoms with Crippen LogP contribution in [0.5, 0.6) is 0 Å². The van der Waals surface area contributed by atoms with Gasteiger partial charge in [-0.25, -0.2) is 17.5 Å². The fourth-order valence-electron chi connectivity index (χ4n) is 2.36. The number of rotatable bonds is 5. The van der Waals surface area contributed by atoms with Crippen LogP contribution in [0, 0.1) is 12.7 Å². The number of sulfonamides is 1. The van der Waals surface area contributed by atoms with Crippen LogP contribution in [0.1, 0.15) is 31.2 Å². The molecule has 1 fully saturated rings. The maximum absolute atomic E-state index is 13.7. The van der Waals surface area contributed by atoms with E-state index in [4.69, 9.17) is 5.11 Å². The van der Waals surface area contributed by atoms with Crippen LogP contribution in [-0.2, 0) is 14.8 Å². The maximum atomic E-state index is 13.7. The van der Waals surface area contributed by atoms with Crippen molar-refractivity contribution in [2.45, 2.75) is 43.0 Å². The Balaban J connectivity index is 2.31. The van der Waals surface area contributed by atoms with Crippen LogP contribution >= 0.6 is 0 Å². The van der Waals surface area contributed by atoms with E-state index in [2.05, 4.69) is 4.72 Å². The van der Waals surface area contributed by atoms with Crippen molar-refractivity contribution >= 4 is 16.0 Å². The number of benzene rings is 1. The monoisotopic (exact) mass is 301 g/mol. The van der Waals surface area contributed by atoms with Crippen molar-refractivity contribution in [1.29, 1.82) is 0 Å². The molecule has 2 N–H and O–H groups in total. The van der Waals surface area contributed by atoms with Gasteiger partial charge in [-0.2, -0.15) is 0 Å². The molecule has 110 valence electrons. The third-order valence-corrected chi connectivity index (χ3v) is 5.12. The van der Waals surface area contributed by atoms with E-state index in [9.17, 15) is 17.6 Å². The quantitative estimate of drug-likeness (QED) is 0.869. The highest BCUT2D eigenvalue weighted by Crippen LogP contribution is 2.36. The Hall–Kier alpha value is -1.47. The summed E-state index contributed by atoms with van der Waals surface area (Å²) in [5.74, 6) is -1.91. The third-order valence-electron chi connectivity index (χ3n) is 3.53. The highest BCUT2D eigenvalue weighted by molar-refractivity contribution is 7.89.